The fraction of sp³-hybridized carbons (Fsp3) is 0.500. The summed E-state index contributed by atoms with van der Waals surface area (Å²) in [4.78, 5) is 38.3. The van der Waals surface area contributed by atoms with Crippen molar-refractivity contribution in [2.75, 3.05) is 13.1 Å². The third-order valence-electron chi connectivity index (χ3n) is 6.44. The molecule has 0 aliphatic carbocycles. The minimum Gasteiger partial charge on any atom is -0.322 e. The highest BCUT2D eigenvalue weighted by atomic mass is 32.1. The molecule has 10 heteroatoms. The standard InChI is InChI=1S/C22H26N6O3S/c29-18-5-4-17(20(30)25-18)28-12-16-14(2-1-3-15(16)22(28)31)10-24-11-19-26-27-21(32-19)13-6-8-23-9-7-13/h1-3,13,17,23-24H,4-12H2,(H,25,29,30). The summed E-state index contributed by atoms with van der Waals surface area (Å²) in [6.07, 6.45) is 2.84. The molecule has 2 saturated heterocycles. The Bertz CT molecular complexity index is 1050. The van der Waals surface area contributed by atoms with Gasteiger partial charge in [-0.05, 0) is 49.5 Å². The topological polar surface area (TPSA) is 116 Å². The molecule has 0 bridgehead atoms. The Kier molecular flexibility index (Phi) is 5.99. The molecule has 9 nitrogen and oxygen atoms in total. The molecule has 32 heavy (non-hydrogen) atoms. The number of aromatic nitrogens is 2. The maximum Gasteiger partial charge on any atom is 0.255 e. The Labute approximate surface area is 190 Å². The first-order valence-corrected chi connectivity index (χ1v) is 11.9. The normalized spacial score (nSPS) is 21.7. The van der Waals surface area contributed by atoms with E-state index in [2.05, 4.69) is 26.1 Å². The van der Waals surface area contributed by atoms with Gasteiger partial charge in [-0.25, -0.2) is 0 Å². The summed E-state index contributed by atoms with van der Waals surface area (Å²) >= 11 is 1.67. The summed E-state index contributed by atoms with van der Waals surface area (Å²) < 4.78 is 0. The summed E-state index contributed by atoms with van der Waals surface area (Å²) in [7, 11) is 0. The molecule has 3 amide bonds. The van der Waals surface area contributed by atoms with E-state index in [1.165, 1.54) is 0 Å². The van der Waals surface area contributed by atoms with Gasteiger partial charge in [0.05, 0.1) is 0 Å². The number of benzene rings is 1. The molecule has 5 rings (SSSR count). The SMILES string of the molecule is O=C1CCC(N2Cc3c(CNCc4nnc(C5CCNCC5)s4)cccc3C2=O)C(=O)N1. The van der Waals surface area contributed by atoms with E-state index in [1.807, 2.05) is 18.2 Å². The molecule has 0 radical (unpaired) electrons. The molecule has 0 saturated carbocycles. The minimum absolute atomic E-state index is 0.146. The van der Waals surface area contributed by atoms with E-state index in [1.54, 1.807) is 16.2 Å². The lowest BCUT2D eigenvalue weighted by atomic mass is 9.99. The lowest BCUT2D eigenvalue weighted by Crippen LogP contribution is -2.52. The lowest BCUT2D eigenvalue weighted by Gasteiger charge is -2.29. The predicted molar refractivity (Wildman–Crippen MR) is 118 cm³/mol. The number of piperidine rings is 2. The zero-order chi connectivity index (χ0) is 22.1. The Hall–Kier alpha value is -2.69. The van der Waals surface area contributed by atoms with Crippen LogP contribution in [0.15, 0.2) is 18.2 Å². The maximum atomic E-state index is 12.9. The molecule has 4 heterocycles. The van der Waals surface area contributed by atoms with Crippen LogP contribution < -0.4 is 16.0 Å². The zero-order valence-electron chi connectivity index (χ0n) is 17.7. The second-order valence-electron chi connectivity index (χ2n) is 8.51. The molecule has 2 aromatic rings. The number of nitrogens with one attached hydrogen (secondary N) is 3. The number of hydrogen-bond acceptors (Lipinski definition) is 8. The highest BCUT2D eigenvalue weighted by Crippen LogP contribution is 2.30. The molecule has 0 spiro atoms. The van der Waals surface area contributed by atoms with E-state index in [9.17, 15) is 14.4 Å². The number of rotatable bonds is 6. The molecular formula is C22H26N6O3S. The number of hydrogen-bond donors (Lipinski definition) is 3. The van der Waals surface area contributed by atoms with E-state index in [0.29, 0.717) is 37.5 Å². The molecule has 3 aliphatic heterocycles. The Morgan fingerprint density at radius 2 is 1.94 bits per heavy atom. The van der Waals surface area contributed by atoms with Crippen LogP contribution in [0.4, 0.5) is 0 Å². The number of fused-ring (bicyclic) bond motifs is 1. The van der Waals surface area contributed by atoms with Crippen molar-refractivity contribution in [3.63, 3.8) is 0 Å². The molecule has 3 N–H and O–H groups in total. The van der Waals surface area contributed by atoms with Crippen LogP contribution in [0.5, 0.6) is 0 Å². The first kappa shape index (κ1) is 21.2. The predicted octanol–water partition coefficient (Wildman–Crippen LogP) is 1.06. The van der Waals surface area contributed by atoms with Crippen molar-refractivity contribution in [3.8, 4) is 0 Å². The molecule has 168 valence electrons. The van der Waals surface area contributed by atoms with Gasteiger partial charge in [0.15, 0.2) is 0 Å². The van der Waals surface area contributed by atoms with Crippen LogP contribution in [-0.2, 0) is 29.2 Å². The number of nitrogens with zero attached hydrogens (tertiary/aromatic N) is 3. The molecule has 1 unspecified atom stereocenters. The average molecular weight is 455 g/mol. The van der Waals surface area contributed by atoms with Crippen molar-refractivity contribution >= 4 is 29.1 Å². The van der Waals surface area contributed by atoms with Crippen molar-refractivity contribution in [2.24, 2.45) is 0 Å². The van der Waals surface area contributed by atoms with E-state index in [-0.39, 0.29) is 24.1 Å². The smallest absolute Gasteiger partial charge is 0.255 e. The third kappa shape index (κ3) is 4.17. The summed E-state index contributed by atoms with van der Waals surface area (Å²) in [5.41, 5.74) is 2.62. The molecule has 3 aliphatic rings. The molecule has 2 fully saturated rings. The van der Waals surface area contributed by atoms with E-state index in [0.717, 1.165) is 47.1 Å². The molecular weight excluding hydrogens is 428 g/mol. The van der Waals surface area contributed by atoms with Crippen LogP contribution in [-0.4, -0.2) is 52.0 Å². The van der Waals surface area contributed by atoms with Crippen LogP contribution in [0.2, 0.25) is 0 Å². The largest absolute Gasteiger partial charge is 0.322 e. The summed E-state index contributed by atoms with van der Waals surface area (Å²) in [6, 6.07) is 5.10. The van der Waals surface area contributed by atoms with Crippen LogP contribution in [0.1, 0.15) is 63.1 Å². The molecule has 1 aromatic heterocycles. The van der Waals surface area contributed by atoms with Gasteiger partial charge in [-0.3, -0.25) is 19.7 Å². The molecule has 1 aromatic carbocycles. The number of carbonyl (C=O) groups is 3. The van der Waals surface area contributed by atoms with Gasteiger partial charge in [0.1, 0.15) is 16.1 Å². The highest BCUT2D eigenvalue weighted by molar-refractivity contribution is 7.11. The Balaban J connectivity index is 1.22. The fourth-order valence-corrected chi connectivity index (χ4v) is 5.67. The van der Waals surface area contributed by atoms with Crippen LogP contribution in [0, 0.1) is 0 Å². The van der Waals surface area contributed by atoms with Gasteiger partial charge in [0.25, 0.3) is 5.91 Å². The van der Waals surface area contributed by atoms with E-state index >= 15 is 0 Å². The maximum absolute atomic E-state index is 12.9. The van der Waals surface area contributed by atoms with Crippen molar-refractivity contribution in [1.29, 1.82) is 0 Å². The molecule has 1 atom stereocenters. The number of imide groups is 1. The minimum atomic E-state index is -0.594. The van der Waals surface area contributed by atoms with Crippen LogP contribution in [0.3, 0.4) is 0 Å². The van der Waals surface area contributed by atoms with Gasteiger partial charge < -0.3 is 15.5 Å². The Morgan fingerprint density at radius 3 is 2.75 bits per heavy atom. The number of amides is 3. The monoisotopic (exact) mass is 454 g/mol. The number of carbonyl (C=O) groups excluding carboxylic acids is 3. The highest BCUT2D eigenvalue weighted by Gasteiger charge is 2.39. The summed E-state index contributed by atoms with van der Waals surface area (Å²) in [5, 5.41) is 20.0. The van der Waals surface area contributed by atoms with Crippen molar-refractivity contribution in [2.45, 2.75) is 57.3 Å². The first-order valence-electron chi connectivity index (χ1n) is 11.1. The third-order valence-corrected chi connectivity index (χ3v) is 7.53. The second kappa shape index (κ2) is 9.05. The van der Waals surface area contributed by atoms with Gasteiger partial charge in [0.2, 0.25) is 11.8 Å². The van der Waals surface area contributed by atoms with Crippen molar-refractivity contribution < 1.29 is 14.4 Å². The van der Waals surface area contributed by atoms with Crippen molar-refractivity contribution in [1.82, 2.24) is 31.0 Å². The summed E-state index contributed by atoms with van der Waals surface area (Å²) in [5.74, 6) is -0.306. The van der Waals surface area contributed by atoms with Gasteiger partial charge in [0, 0.05) is 37.5 Å². The van der Waals surface area contributed by atoms with Gasteiger partial charge in [-0.1, -0.05) is 23.5 Å². The van der Waals surface area contributed by atoms with Crippen LogP contribution in [0.25, 0.3) is 0 Å². The van der Waals surface area contributed by atoms with Crippen molar-refractivity contribution in [3.05, 3.63) is 44.9 Å². The zero-order valence-corrected chi connectivity index (χ0v) is 18.5. The average Bonchev–Trinajstić information content (AvgIpc) is 3.40. The quantitative estimate of drug-likeness (QED) is 0.559. The second-order valence-corrected chi connectivity index (χ2v) is 9.60. The van der Waals surface area contributed by atoms with Gasteiger partial charge in [-0.15, -0.1) is 10.2 Å². The van der Waals surface area contributed by atoms with Gasteiger partial charge in [-0.2, -0.15) is 0 Å². The lowest BCUT2D eigenvalue weighted by molar-refractivity contribution is -0.136. The first-order chi connectivity index (χ1) is 15.6. The van der Waals surface area contributed by atoms with E-state index in [4.69, 9.17) is 0 Å². The van der Waals surface area contributed by atoms with Gasteiger partial charge >= 0.3 is 0 Å². The van der Waals surface area contributed by atoms with Crippen LogP contribution >= 0.6 is 11.3 Å². The van der Waals surface area contributed by atoms with E-state index < -0.39 is 6.04 Å². The Morgan fingerprint density at radius 1 is 1.09 bits per heavy atom. The fourth-order valence-electron chi connectivity index (χ4n) is 4.69. The summed E-state index contributed by atoms with van der Waals surface area (Å²) in [6.45, 7) is 3.67.